The Balaban J connectivity index is 1.39. The molecule has 0 aliphatic carbocycles. The number of aryl methyl sites for hydroxylation is 1. The highest BCUT2D eigenvalue weighted by Gasteiger charge is 2.35. The molecular weight excluding hydrogens is 384 g/mol. The minimum absolute atomic E-state index is 0.0199. The van der Waals surface area contributed by atoms with E-state index in [4.69, 9.17) is 9.15 Å². The maximum atomic E-state index is 12.5. The Hall–Kier alpha value is -3.68. The number of carbonyl (C=O) groups is 2. The maximum absolute atomic E-state index is 12.5. The van der Waals surface area contributed by atoms with Gasteiger partial charge in [-0.05, 0) is 42.3 Å². The van der Waals surface area contributed by atoms with Crippen molar-refractivity contribution < 1.29 is 18.7 Å². The number of benzene rings is 2. The molecule has 1 aliphatic rings. The van der Waals surface area contributed by atoms with Crippen LogP contribution in [0.25, 0.3) is 0 Å². The molecule has 1 atom stereocenters. The van der Waals surface area contributed by atoms with Crippen LogP contribution in [0.2, 0.25) is 0 Å². The summed E-state index contributed by atoms with van der Waals surface area (Å²) in [5, 5.41) is 10.6. The fourth-order valence-electron chi connectivity index (χ4n) is 3.48. The van der Waals surface area contributed by atoms with Gasteiger partial charge in [0.15, 0.2) is 0 Å². The summed E-state index contributed by atoms with van der Waals surface area (Å²) in [5.74, 6) is 0.583. The molecule has 1 aliphatic heterocycles. The van der Waals surface area contributed by atoms with Crippen molar-refractivity contribution in [2.45, 2.75) is 25.7 Å². The number of hydrogen-bond acceptors (Lipinski definition) is 6. The Kier molecular flexibility index (Phi) is 5.47. The second-order valence-corrected chi connectivity index (χ2v) is 7.20. The number of nitrogens with zero attached hydrogens (tertiary/aromatic N) is 3. The summed E-state index contributed by atoms with van der Waals surface area (Å²) in [4.78, 5) is 26.4. The highest BCUT2D eigenvalue weighted by molar-refractivity contribution is 5.96. The standard InChI is InChI=1S/C22H22N4O4/c1-14-5-3-4-6-15(14)11-19(27)23-22-25-24-21(30-22)16-12-20(28)26(13-16)17-7-9-18(29-2)10-8-17/h3-10,16H,11-13H2,1-2H3,(H,23,25,27)/t16-/m1/s1. The van der Waals surface area contributed by atoms with Crippen LogP contribution in [0, 0.1) is 6.92 Å². The van der Waals surface area contributed by atoms with E-state index in [-0.39, 0.29) is 36.6 Å². The van der Waals surface area contributed by atoms with Gasteiger partial charge in [0.25, 0.3) is 0 Å². The van der Waals surface area contributed by atoms with Gasteiger partial charge in [-0.25, -0.2) is 0 Å². The van der Waals surface area contributed by atoms with Gasteiger partial charge in [-0.1, -0.05) is 29.4 Å². The van der Waals surface area contributed by atoms with E-state index in [1.807, 2.05) is 55.5 Å². The Bertz CT molecular complexity index is 1060. The van der Waals surface area contributed by atoms with Crippen molar-refractivity contribution in [2.75, 3.05) is 23.9 Å². The smallest absolute Gasteiger partial charge is 0.322 e. The van der Waals surface area contributed by atoms with Crippen molar-refractivity contribution in [1.29, 1.82) is 0 Å². The van der Waals surface area contributed by atoms with Crippen molar-refractivity contribution in [3.8, 4) is 5.75 Å². The van der Waals surface area contributed by atoms with Crippen LogP contribution in [0.4, 0.5) is 11.7 Å². The third-order valence-corrected chi connectivity index (χ3v) is 5.16. The molecule has 1 saturated heterocycles. The van der Waals surface area contributed by atoms with Crippen molar-refractivity contribution in [2.24, 2.45) is 0 Å². The third-order valence-electron chi connectivity index (χ3n) is 5.16. The first-order chi connectivity index (χ1) is 14.5. The number of rotatable bonds is 6. The van der Waals surface area contributed by atoms with Gasteiger partial charge in [-0.3, -0.25) is 14.9 Å². The number of carbonyl (C=O) groups excluding carboxylic acids is 2. The first-order valence-electron chi connectivity index (χ1n) is 9.65. The molecule has 2 heterocycles. The van der Waals surface area contributed by atoms with Crippen LogP contribution in [0.3, 0.4) is 0 Å². The molecule has 1 N–H and O–H groups in total. The zero-order valence-corrected chi connectivity index (χ0v) is 16.8. The molecule has 0 unspecified atom stereocenters. The lowest BCUT2D eigenvalue weighted by Crippen LogP contribution is -2.24. The molecule has 154 valence electrons. The lowest BCUT2D eigenvalue weighted by Gasteiger charge is -2.16. The zero-order chi connectivity index (χ0) is 21.1. The Morgan fingerprint density at radius 1 is 1.20 bits per heavy atom. The predicted octanol–water partition coefficient (Wildman–Crippen LogP) is 3.09. The number of hydrogen-bond donors (Lipinski definition) is 1. The van der Waals surface area contributed by atoms with Crippen molar-refractivity contribution >= 4 is 23.5 Å². The van der Waals surface area contributed by atoms with Gasteiger partial charge in [-0.15, -0.1) is 5.10 Å². The van der Waals surface area contributed by atoms with Crippen LogP contribution in [-0.2, 0) is 16.0 Å². The summed E-state index contributed by atoms with van der Waals surface area (Å²) in [5.41, 5.74) is 2.77. The van der Waals surface area contributed by atoms with Crippen LogP contribution < -0.4 is 15.0 Å². The van der Waals surface area contributed by atoms with Gasteiger partial charge in [0.05, 0.1) is 19.4 Å². The summed E-state index contributed by atoms with van der Waals surface area (Å²) in [6.07, 6.45) is 0.488. The molecule has 2 amide bonds. The van der Waals surface area contributed by atoms with E-state index in [0.717, 1.165) is 22.6 Å². The predicted molar refractivity (Wildman–Crippen MR) is 111 cm³/mol. The fraction of sp³-hybridized carbons (Fsp3) is 0.273. The lowest BCUT2D eigenvalue weighted by molar-refractivity contribution is -0.117. The molecule has 0 spiro atoms. The molecule has 0 radical (unpaired) electrons. The maximum Gasteiger partial charge on any atom is 0.322 e. The number of amides is 2. The third kappa shape index (κ3) is 4.17. The van der Waals surface area contributed by atoms with Crippen LogP contribution in [0.1, 0.15) is 29.4 Å². The second-order valence-electron chi connectivity index (χ2n) is 7.20. The number of anilines is 2. The number of ether oxygens (including phenoxy) is 1. The quantitative estimate of drug-likeness (QED) is 0.676. The minimum atomic E-state index is -0.234. The summed E-state index contributed by atoms with van der Waals surface area (Å²) < 4.78 is 10.8. The highest BCUT2D eigenvalue weighted by Crippen LogP contribution is 2.32. The normalized spacial score (nSPS) is 16.0. The fourth-order valence-corrected chi connectivity index (χ4v) is 3.48. The van der Waals surface area contributed by atoms with Gasteiger partial charge >= 0.3 is 6.01 Å². The van der Waals surface area contributed by atoms with Crippen LogP contribution in [0.5, 0.6) is 5.75 Å². The van der Waals surface area contributed by atoms with E-state index in [2.05, 4.69) is 15.5 Å². The topological polar surface area (TPSA) is 97.6 Å². The zero-order valence-electron chi connectivity index (χ0n) is 16.8. The van der Waals surface area contributed by atoms with Gasteiger partial charge < -0.3 is 14.1 Å². The molecule has 8 nitrogen and oxygen atoms in total. The number of nitrogens with one attached hydrogen (secondary N) is 1. The Labute approximate surface area is 173 Å². The lowest BCUT2D eigenvalue weighted by atomic mass is 10.1. The SMILES string of the molecule is COc1ccc(N2C[C@H](c3nnc(NC(=O)Cc4ccccc4C)o3)CC2=O)cc1. The van der Waals surface area contributed by atoms with Gasteiger partial charge in [0.2, 0.25) is 17.7 Å². The van der Waals surface area contributed by atoms with Crippen LogP contribution in [-0.4, -0.2) is 35.7 Å². The van der Waals surface area contributed by atoms with Gasteiger partial charge in [0.1, 0.15) is 5.75 Å². The first kappa shape index (κ1) is 19.6. The van der Waals surface area contributed by atoms with Crippen molar-refractivity contribution in [3.63, 3.8) is 0 Å². The number of methoxy groups -OCH3 is 1. The van der Waals surface area contributed by atoms with Crippen molar-refractivity contribution in [3.05, 3.63) is 65.5 Å². The summed E-state index contributed by atoms with van der Waals surface area (Å²) in [6, 6.07) is 15.0. The molecule has 4 rings (SSSR count). The average Bonchev–Trinajstić information content (AvgIpc) is 3.36. The minimum Gasteiger partial charge on any atom is -0.497 e. The van der Waals surface area contributed by atoms with E-state index in [9.17, 15) is 9.59 Å². The molecule has 30 heavy (non-hydrogen) atoms. The highest BCUT2D eigenvalue weighted by atomic mass is 16.5. The Morgan fingerprint density at radius 2 is 1.97 bits per heavy atom. The van der Waals surface area contributed by atoms with Gasteiger partial charge in [0, 0.05) is 18.7 Å². The van der Waals surface area contributed by atoms with E-state index in [1.54, 1.807) is 12.0 Å². The number of aromatic nitrogens is 2. The van der Waals surface area contributed by atoms with Crippen LogP contribution in [0.15, 0.2) is 52.9 Å². The van der Waals surface area contributed by atoms with Crippen LogP contribution >= 0.6 is 0 Å². The van der Waals surface area contributed by atoms with E-state index < -0.39 is 0 Å². The monoisotopic (exact) mass is 406 g/mol. The molecular formula is C22H22N4O4. The summed E-state index contributed by atoms with van der Waals surface area (Å²) in [6.45, 7) is 2.39. The van der Waals surface area contributed by atoms with E-state index in [0.29, 0.717) is 12.4 Å². The molecule has 0 bridgehead atoms. The summed E-state index contributed by atoms with van der Waals surface area (Å²) >= 11 is 0. The summed E-state index contributed by atoms with van der Waals surface area (Å²) in [7, 11) is 1.60. The molecule has 8 heteroatoms. The van der Waals surface area contributed by atoms with Gasteiger partial charge in [-0.2, -0.15) is 0 Å². The van der Waals surface area contributed by atoms with Crippen molar-refractivity contribution in [1.82, 2.24) is 10.2 Å². The average molecular weight is 406 g/mol. The molecule has 0 saturated carbocycles. The van der Waals surface area contributed by atoms with E-state index in [1.165, 1.54) is 0 Å². The largest absolute Gasteiger partial charge is 0.497 e. The molecule has 1 aromatic heterocycles. The Morgan fingerprint density at radius 3 is 2.70 bits per heavy atom. The molecule has 2 aromatic carbocycles. The molecule has 3 aromatic rings. The molecule has 1 fully saturated rings. The first-order valence-corrected chi connectivity index (χ1v) is 9.65. The second kappa shape index (κ2) is 8.36. The van der Waals surface area contributed by atoms with E-state index >= 15 is 0 Å².